The maximum atomic E-state index is 13.0. The number of hydrogen-bond donors (Lipinski definition) is 1. The molecule has 0 saturated carbocycles. The summed E-state index contributed by atoms with van der Waals surface area (Å²) in [6, 6.07) is 18.5. The number of carbonyl (C=O) groups excluding carboxylic acids is 2. The van der Waals surface area contributed by atoms with Crippen molar-refractivity contribution >= 4 is 29.1 Å². The minimum absolute atomic E-state index is 0.156. The van der Waals surface area contributed by atoms with E-state index in [0.29, 0.717) is 34.6 Å². The quantitative estimate of drug-likeness (QED) is 0.0744. The van der Waals surface area contributed by atoms with Gasteiger partial charge in [0.25, 0.3) is 5.91 Å². The first-order valence-corrected chi connectivity index (χ1v) is 12.7. The molecular formula is C31H23F3N4O5. The Hall–Kier alpha value is -5.70. The van der Waals surface area contributed by atoms with Crippen molar-refractivity contribution in [2.75, 3.05) is 5.32 Å². The number of nitrogens with zero attached hydrogens (tertiary/aromatic N) is 3. The van der Waals surface area contributed by atoms with Gasteiger partial charge in [0.15, 0.2) is 5.78 Å². The maximum Gasteiger partial charge on any atom is 0.416 e. The third kappa shape index (κ3) is 6.62. The molecule has 1 amide bonds. The van der Waals surface area contributed by atoms with E-state index in [9.17, 15) is 38.1 Å². The Bertz CT molecular complexity index is 1820. The molecule has 218 valence electrons. The van der Waals surface area contributed by atoms with Gasteiger partial charge in [0.1, 0.15) is 17.4 Å². The van der Waals surface area contributed by atoms with Crippen LogP contribution in [0.3, 0.4) is 0 Å². The number of hydrogen-bond acceptors (Lipinski definition) is 6. The lowest BCUT2D eigenvalue weighted by atomic mass is 10.1. The topological polar surface area (TPSA) is 127 Å². The lowest BCUT2D eigenvalue weighted by Crippen LogP contribution is -2.15. The summed E-state index contributed by atoms with van der Waals surface area (Å²) in [7, 11) is 0. The molecule has 3 aromatic carbocycles. The number of anilines is 1. The number of aromatic nitrogens is 1. The van der Waals surface area contributed by atoms with Crippen LogP contribution >= 0.6 is 0 Å². The molecule has 1 aromatic heterocycles. The van der Waals surface area contributed by atoms with Crippen molar-refractivity contribution in [2.45, 2.75) is 26.9 Å². The van der Waals surface area contributed by atoms with Crippen LogP contribution in [-0.2, 0) is 11.0 Å². The molecule has 4 rings (SSSR count). The number of benzene rings is 3. The normalized spacial score (nSPS) is 11.5. The smallest absolute Gasteiger partial charge is 0.416 e. The van der Waals surface area contributed by atoms with Gasteiger partial charge >= 0.3 is 11.9 Å². The highest BCUT2D eigenvalue weighted by atomic mass is 19.4. The monoisotopic (exact) mass is 588 g/mol. The van der Waals surface area contributed by atoms with Gasteiger partial charge in [0, 0.05) is 28.7 Å². The summed E-state index contributed by atoms with van der Waals surface area (Å²) in [6.45, 7) is 4.97. The Morgan fingerprint density at radius 1 is 1.05 bits per heavy atom. The Balaban J connectivity index is 1.59. The number of nitro benzene ring substituents is 1. The van der Waals surface area contributed by atoms with Crippen LogP contribution in [0.4, 0.5) is 24.5 Å². The van der Waals surface area contributed by atoms with Crippen molar-refractivity contribution < 1.29 is 32.4 Å². The predicted octanol–water partition coefficient (Wildman–Crippen LogP) is 7.56. The number of carbonyl (C=O) groups is 2. The molecule has 0 atom stereocenters. The van der Waals surface area contributed by atoms with E-state index in [2.05, 4.69) is 5.32 Å². The van der Waals surface area contributed by atoms with Gasteiger partial charge in [-0.15, -0.1) is 0 Å². The van der Waals surface area contributed by atoms with Crippen LogP contribution in [0.5, 0.6) is 11.5 Å². The third-order valence-electron chi connectivity index (χ3n) is 6.50. The summed E-state index contributed by atoms with van der Waals surface area (Å²) in [6.07, 6.45) is -3.31. The van der Waals surface area contributed by atoms with Crippen LogP contribution in [0.15, 0.2) is 78.4 Å². The molecule has 0 aliphatic rings. The van der Waals surface area contributed by atoms with Crippen molar-refractivity contribution in [3.63, 3.8) is 0 Å². The van der Waals surface area contributed by atoms with E-state index in [4.69, 9.17) is 4.74 Å². The maximum absolute atomic E-state index is 13.0. The Kier molecular flexibility index (Phi) is 8.47. The van der Waals surface area contributed by atoms with E-state index in [0.717, 1.165) is 11.8 Å². The molecule has 9 nitrogen and oxygen atoms in total. The van der Waals surface area contributed by atoms with E-state index >= 15 is 0 Å². The number of amides is 1. The Morgan fingerprint density at radius 3 is 2.33 bits per heavy atom. The van der Waals surface area contributed by atoms with Crippen molar-refractivity contribution in [3.05, 3.63) is 117 Å². The molecule has 1 N–H and O–H groups in total. The molecule has 0 unspecified atom stereocenters. The number of ketones is 1. The van der Waals surface area contributed by atoms with E-state index in [-0.39, 0.29) is 28.5 Å². The molecule has 0 radical (unpaired) electrons. The van der Waals surface area contributed by atoms with Crippen molar-refractivity contribution in [1.82, 2.24) is 4.57 Å². The summed E-state index contributed by atoms with van der Waals surface area (Å²) in [5.74, 6) is -1.11. The molecule has 0 aliphatic carbocycles. The number of Topliss-reactive ketones (excluding diaryl/α,β-unsaturated/α-hetero) is 1. The highest BCUT2D eigenvalue weighted by molar-refractivity contribution is 6.12. The zero-order valence-electron chi connectivity index (χ0n) is 23.0. The highest BCUT2D eigenvalue weighted by Crippen LogP contribution is 2.38. The lowest BCUT2D eigenvalue weighted by Gasteiger charge is -2.12. The minimum Gasteiger partial charge on any atom is -0.450 e. The van der Waals surface area contributed by atoms with Crippen LogP contribution in [-0.4, -0.2) is 21.2 Å². The molecule has 0 aliphatic heterocycles. The molecular weight excluding hydrogens is 565 g/mol. The van der Waals surface area contributed by atoms with E-state index in [1.54, 1.807) is 49.4 Å². The number of rotatable bonds is 8. The first kappa shape index (κ1) is 30.3. The van der Waals surface area contributed by atoms with E-state index in [1.165, 1.54) is 25.1 Å². The van der Waals surface area contributed by atoms with Gasteiger partial charge in [-0.2, -0.15) is 18.4 Å². The van der Waals surface area contributed by atoms with Crippen LogP contribution in [0, 0.1) is 35.3 Å². The predicted molar refractivity (Wildman–Crippen MR) is 152 cm³/mol. The average Bonchev–Trinajstić information content (AvgIpc) is 3.23. The van der Waals surface area contributed by atoms with E-state index in [1.807, 2.05) is 17.6 Å². The van der Waals surface area contributed by atoms with Crippen LogP contribution in [0.2, 0.25) is 0 Å². The Morgan fingerprint density at radius 2 is 1.72 bits per heavy atom. The number of nitro groups is 1. The Labute approximate surface area is 243 Å². The van der Waals surface area contributed by atoms with E-state index < -0.39 is 28.3 Å². The first-order chi connectivity index (χ1) is 20.3. The summed E-state index contributed by atoms with van der Waals surface area (Å²) in [5.41, 5.74) is 1.12. The van der Waals surface area contributed by atoms with Gasteiger partial charge < -0.3 is 14.6 Å². The number of ether oxygens (including phenoxy) is 1. The standard InChI is InChI=1S/C31H23F3N4O5/c1-18-14-21(15-22(17-35)30(40)36-27-7-5-4-6-26(27)20(3)39)19(2)37(18)24-9-11-25(12-10-24)43-29-13-8-23(31(32,33)34)16-28(29)38(41)42/h4-16H,1-3H3,(H,36,40)/b22-15-. The summed E-state index contributed by atoms with van der Waals surface area (Å²) >= 11 is 0. The van der Waals surface area contributed by atoms with Gasteiger partial charge in [-0.25, -0.2) is 0 Å². The second-order valence-corrected chi connectivity index (χ2v) is 9.42. The van der Waals surface area contributed by atoms with Gasteiger partial charge in [-0.3, -0.25) is 19.7 Å². The number of nitriles is 1. The molecule has 0 spiro atoms. The fourth-order valence-corrected chi connectivity index (χ4v) is 4.44. The van der Waals surface area contributed by atoms with Crippen molar-refractivity contribution in [3.8, 4) is 23.3 Å². The lowest BCUT2D eigenvalue weighted by molar-refractivity contribution is -0.385. The molecule has 43 heavy (non-hydrogen) atoms. The van der Waals surface area contributed by atoms with Gasteiger partial charge in [-0.05, 0) is 87.0 Å². The molecule has 4 aromatic rings. The zero-order chi connectivity index (χ0) is 31.5. The number of nitrogens with one attached hydrogen (secondary N) is 1. The molecule has 0 bridgehead atoms. The average molecular weight is 589 g/mol. The largest absolute Gasteiger partial charge is 0.450 e. The van der Waals surface area contributed by atoms with Crippen LogP contribution in [0.1, 0.15) is 39.8 Å². The first-order valence-electron chi connectivity index (χ1n) is 12.7. The summed E-state index contributed by atoms with van der Waals surface area (Å²) < 4.78 is 46.4. The third-order valence-corrected chi connectivity index (χ3v) is 6.50. The second kappa shape index (κ2) is 12.0. The van der Waals surface area contributed by atoms with Gasteiger partial charge in [0.2, 0.25) is 5.75 Å². The second-order valence-electron chi connectivity index (χ2n) is 9.42. The fourth-order valence-electron chi connectivity index (χ4n) is 4.44. The number of alkyl halides is 3. The van der Waals surface area contributed by atoms with Crippen LogP contribution < -0.4 is 10.1 Å². The highest BCUT2D eigenvalue weighted by Gasteiger charge is 2.33. The summed E-state index contributed by atoms with van der Waals surface area (Å²) in [4.78, 5) is 35.2. The number of para-hydroxylation sites is 1. The SMILES string of the molecule is CC(=O)c1ccccc1NC(=O)/C(C#N)=C\c1cc(C)n(-c2ccc(Oc3ccc(C(F)(F)F)cc3[N+](=O)[O-])cc2)c1C. The van der Waals surface area contributed by atoms with Crippen molar-refractivity contribution in [2.24, 2.45) is 0 Å². The number of halogens is 3. The van der Waals surface area contributed by atoms with Gasteiger partial charge in [-0.1, -0.05) is 12.1 Å². The fraction of sp³-hybridized carbons (Fsp3) is 0.129. The molecule has 1 heterocycles. The number of aryl methyl sites for hydroxylation is 1. The van der Waals surface area contributed by atoms with Gasteiger partial charge in [0.05, 0.1) is 16.2 Å². The minimum atomic E-state index is -4.75. The van der Waals surface area contributed by atoms with Crippen LogP contribution in [0.25, 0.3) is 11.8 Å². The molecule has 12 heteroatoms. The van der Waals surface area contributed by atoms with Crippen molar-refractivity contribution in [1.29, 1.82) is 5.26 Å². The summed E-state index contributed by atoms with van der Waals surface area (Å²) in [5, 5.41) is 23.7. The zero-order valence-corrected chi connectivity index (χ0v) is 23.0. The molecule has 0 saturated heterocycles. The molecule has 0 fully saturated rings.